The van der Waals surface area contributed by atoms with Crippen molar-refractivity contribution in [2.75, 3.05) is 6.54 Å². The lowest BCUT2D eigenvalue weighted by Crippen LogP contribution is -2.47. The summed E-state index contributed by atoms with van der Waals surface area (Å²) in [6.45, 7) is 15.8. The number of carbonyl (C=O) groups is 2. The van der Waals surface area contributed by atoms with Crippen LogP contribution in [0, 0.1) is 17.8 Å². The Morgan fingerprint density at radius 2 is 1.21 bits per heavy atom. The van der Waals surface area contributed by atoms with Gasteiger partial charge in [-0.1, -0.05) is 120 Å². The maximum Gasteiger partial charge on any atom is 0.228 e. The van der Waals surface area contributed by atoms with Gasteiger partial charge in [0.25, 0.3) is 0 Å². The molecule has 0 bridgehead atoms. The van der Waals surface area contributed by atoms with E-state index in [9.17, 15) is 9.59 Å². The van der Waals surface area contributed by atoms with E-state index >= 15 is 0 Å². The lowest BCUT2D eigenvalue weighted by Gasteiger charge is -2.32. The van der Waals surface area contributed by atoms with Crippen LogP contribution in [0.15, 0.2) is 84.9 Å². The Morgan fingerprint density at radius 1 is 0.698 bits per heavy atom. The van der Waals surface area contributed by atoms with E-state index < -0.39 is 0 Å². The Balaban J connectivity index is 1.44. The normalized spacial score (nSPS) is 14.5. The van der Waals surface area contributed by atoms with Crippen molar-refractivity contribution in [3.63, 3.8) is 0 Å². The Morgan fingerprint density at radius 3 is 1.72 bits per heavy atom. The average molecular weight is 583 g/mol. The molecule has 3 aromatic rings. The Hall–Kier alpha value is -3.40. The highest BCUT2D eigenvalue weighted by Gasteiger charge is 2.30. The first kappa shape index (κ1) is 34.1. The van der Waals surface area contributed by atoms with Crippen LogP contribution in [-0.4, -0.2) is 23.9 Å². The summed E-state index contributed by atoms with van der Waals surface area (Å²) in [5, 5.41) is 6.52. The minimum Gasteiger partial charge on any atom is -0.356 e. The molecule has 0 fully saturated rings. The highest BCUT2D eigenvalue weighted by atomic mass is 16.2. The monoisotopic (exact) mass is 582 g/mol. The number of amides is 2. The topological polar surface area (TPSA) is 58.2 Å². The molecule has 0 aromatic heterocycles. The first-order valence-electron chi connectivity index (χ1n) is 16.3. The minimum atomic E-state index is -0.290. The summed E-state index contributed by atoms with van der Waals surface area (Å²) in [6.07, 6.45) is 4.65. The molecule has 2 amide bonds. The van der Waals surface area contributed by atoms with Crippen molar-refractivity contribution >= 4 is 11.8 Å². The molecule has 0 saturated carbocycles. The van der Waals surface area contributed by atoms with Crippen LogP contribution in [0.25, 0.3) is 0 Å². The van der Waals surface area contributed by atoms with Gasteiger partial charge < -0.3 is 10.6 Å². The van der Waals surface area contributed by atoms with Gasteiger partial charge in [0.2, 0.25) is 11.8 Å². The second-order valence-corrected chi connectivity index (χ2v) is 13.6. The van der Waals surface area contributed by atoms with E-state index in [-0.39, 0.29) is 35.1 Å². The Labute approximate surface area is 261 Å². The summed E-state index contributed by atoms with van der Waals surface area (Å²) >= 11 is 0. The van der Waals surface area contributed by atoms with Crippen LogP contribution in [0.4, 0.5) is 0 Å². The molecule has 0 saturated heterocycles. The SMILES string of the molecule is CC[C@H](C(=O)NCCC(C)Cc1ccc(CC(C)CC(C)(C)NC(=O)[C@H](c2ccccc2)C(C)C)cc1)c1ccccc1. The number of benzene rings is 3. The molecule has 3 aromatic carbocycles. The van der Waals surface area contributed by atoms with E-state index in [0.29, 0.717) is 18.4 Å². The first-order valence-corrected chi connectivity index (χ1v) is 16.3. The standard InChI is InChI=1S/C39H54N2O2/c1-8-35(33-15-11-9-12-16-33)37(42)40-24-23-29(4)25-31-19-21-32(22-20-31)26-30(5)27-39(6,7)41-38(43)36(28(2)3)34-17-13-10-14-18-34/h9-22,28-30,35-36H,8,23-27H2,1-7H3,(H,40,42)(H,41,43)/t29?,30?,35-,36-/m0/s1. The fourth-order valence-electron chi connectivity index (χ4n) is 6.45. The summed E-state index contributed by atoms with van der Waals surface area (Å²) in [6, 6.07) is 29.2. The molecule has 2 N–H and O–H groups in total. The van der Waals surface area contributed by atoms with Crippen molar-refractivity contribution in [1.29, 1.82) is 0 Å². The summed E-state index contributed by atoms with van der Waals surface area (Å²) in [5.41, 5.74) is 4.53. The first-order chi connectivity index (χ1) is 20.5. The Bertz CT molecular complexity index is 1250. The minimum absolute atomic E-state index is 0.0838. The highest BCUT2D eigenvalue weighted by Crippen LogP contribution is 2.27. The third-order valence-electron chi connectivity index (χ3n) is 8.48. The van der Waals surface area contributed by atoms with Crippen molar-refractivity contribution in [3.8, 4) is 0 Å². The van der Waals surface area contributed by atoms with Gasteiger partial charge in [0.1, 0.15) is 0 Å². The summed E-state index contributed by atoms with van der Waals surface area (Å²) in [7, 11) is 0. The maximum absolute atomic E-state index is 13.3. The second kappa shape index (κ2) is 16.4. The second-order valence-electron chi connectivity index (χ2n) is 13.6. The van der Waals surface area contributed by atoms with Crippen LogP contribution in [-0.2, 0) is 22.4 Å². The molecule has 0 aliphatic heterocycles. The highest BCUT2D eigenvalue weighted by molar-refractivity contribution is 5.84. The van der Waals surface area contributed by atoms with E-state index in [2.05, 4.69) is 95.5 Å². The van der Waals surface area contributed by atoms with Crippen molar-refractivity contribution < 1.29 is 9.59 Å². The number of hydrogen-bond acceptors (Lipinski definition) is 2. The van der Waals surface area contributed by atoms with Gasteiger partial charge in [-0.25, -0.2) is 0 Å². The van der Waals surface area contributed by atoms with Crippen molar-refractivity contribution in [1.82, 2.24) is 10.6 Å². The fourth-order valence-corrected chi connectivity index (χ4v) is 6.45. The number of carbonyl (C=O) groups excluding carboxylic acids is 2. The summed E-state index contributed by atoms with van der Waals surface area (Å²) in [5.74, 6) is 1.14. The molecular weight excluding hydrogens is 528 g/mol. The van der Waals surface area contributed by atoms with Gasteiger partial charge in [-0.3, -0.25) is 9.59 Å². The molecule has 4 heteroatoms. The van der Waals surface area contributed by atoms with E-state index in [0.717, 1.165) is 43.2 Å². The van der Waals surface area contributed by atoms with E-state index in [1.54, 1.807) is 0 Å². The van der Waals surface area contributed by atoms with E-state index in [4.69, 9.17) is 0 Å². The van der Waals surface area contributed by atoms with Crippen molar-refractivity contribution in [3.05, 3.63) is 107 Å². The smallest absolute Gasteiger partial charge is 0.228 e. The molecule has 0 heterocycles. The van der Waals surface area contributed by atoms with Crippen LogP contribution >= 0.6 is 0 Å². The van der Waals surface area contributed by atoms with E-state index in [1.807, 2.05) is 48.5 Å². The zero-order valence-corrected chi connectivity index (χ0v) is 27.5. The zero-order valence-electron chi connectivity index (χ0n) is 27.5. The summed E-state index contributed by atoms with van der Waals surface area (Å²) < 4.78 is 0. The van der Waals surface area contributed by atoms with Gasteiger partial charge in [0.05, 0.1) is 11.8 Å². The molecular formula is C39H54N2O2. The lowest BCUT2D eigenvalue weighted by atomic mass is 9.84. The molecule has 4 nitrogen and oxygen atoms in total. The maximum atomic E-state index is 13.3. The van der Waals surface area contributed by atoms with Crippen molar-refractivity contribution in [2.45, 2.75) is 97.9 Å². The number of rotatable bonds is 16. The zero-order chi connectivity index (χ0) is 31.4. The number of nitrogens with one attached hydrogen (secondary N) is 2. The van der Waals surface area contributed by atoms with Gasteiger partial charge in [-0.2, -0.15) is 0 Å². The predicted molar refractivity (Wildman–Crippen MR) is 180 cm³/mol. The van der Waals surface area contributed by atoms with Gasteiger partial charge in [-0.05, 0) is 86.0 Å². The van der Waals surface area contributed by atoms with Crippen LogP contribution in [0.1, 0.15) is 102 Å². The van der Waals surface area contributed by atoms with Gasteiger partial charge in [-0.15, -0.1) is 0 Å². The lowest BCUT2D eigenvalue weighted by molar-refractivity contribution is -0.125. The molecule has 0 aliphatic carbocycles. The third kappa shape index (κ3) is 11.0. The Kier molecular flexibility index (Phi) is 13.0. The summed E-state index contributed by atoms with van der Waals surface area (Å²) in [4.78, 5) is 26.1. The molecule has 232 valence electrons. The van der Waals surface area contributed by atoms with Crippen molar-refractivity contribution in [2.24, 2.45) is 17.8 Å². The van der Waals surface area contributed by atoms with Crippen LogP contribution < -0.4 is 10.6 Å². The number of hydrogen-bond donors (Lipinski definition) is 2. The van der Waals surface area contributed by atoms with E-state index in [1.165, 1.54) is 11.1 Å². The largest absolute Gasteiger partial charge is 0.356 e. The van der Waals surface area contributed by atoms with Gasteiger partial charge in [0, 0.05) is 12.1 Å². The fraction of sp³-hybridized carbons (Fsp3) is 0.487. The quantitative estimate of drug-likeness (QED) is 0.178. The molecule has 4 atom stereocenters. The van der Waals surface area contributed by atoms with Gasteiger partial charge >= 0.3 is 0 Å². The van der Waals surface area contributed by atoms with Crippen LogP contribution in [0.3, 0.4) is 0 Å². The molecule has 0 aliphatic rings. The predicted octanol–water partition coefficient (Wildman–Crippen LogP) is 8.47. The third-order valence-corrected chi connectivity index (χ3v) is 8.48. The molecule has 0 spiro atoms. The molecule has 2 unspecified atom stereocenters. The van der Waals surface area contributed by atoms with Crippen LogP contribution in [0.2, 0.25) is 0 Å². The molecule has 43 heavy (non-hydrogen) atoms. The van der Waals surface area contributed by atoms with Gasteiger partial charge in [0.15, 0.2) is 0 Å². The molecule has 0 radical (unpaired) electrons. The molecule has 3 rings (SSSR count). The van der Waals surface area contributed by atoms with Crippen LogP contribution in [0.5, 0.6) is 0 Å². The average Bonchev–Trinajstić information content (AvgIpc) is 2.95.